The van der Waals surface area contributed by atoms with E-state index in [0.717, 1.165) is 47.5 Å². The van der Waals surface area contributed by atoms with Crippen molar-refractivity contribution in [2.75, 3.05) is 0 Å². The van der Waals surface area contributed by atoms with Gasteiger partial charge in [-0.05, 0) is 46.5 Å². The fourth-order valence-electron chi connectivity index (χ4n) is 2.26. The van der Waals surface area contributed by atoms with Gasteiger partial charge in [0.2, 0.25) is 0 Å². The lowest BCUT2D eigenvalue weighted by Crippen LogP contribution is -2.21. The van der Waals surface area contributed by atoms with E-state index in [2.05, 4.69) is 65.0 Å². The molecule has 0 saturated heterocycles. The monoisotopic (exact) mass is 350 g/mol. The quantitative estimate of drug-likeness (QED) is 0.867. The molecule has 1 atom stereocenters. The first kappa shape index (κ1) is 16.2. The van der Waals surface area contributed by atoms with Gasteiger partial charge in [0.1, 0.15) is 5.82 Å². The fourth-order valence-corrected chi connectivity index (χ4v) is 2.85. The highest BCUT2D eigenvalue weighted by Crippen LogP contribution is 2.24. The van der Waals surface area contributed by atoms with E-state index in [4.69, 9.17) is 5.73 Å². The summed E-state index contributed by atoms with van der Waals surface area (Å²) >= 11 is 3.66. The summed E-state index contributed by atoms with van der Waals surface area (Å²) in [5.74, 6) is 1.88. The Morgan fingerprint density at radius 3 is 2.57 bits per heavy atom. The Morgan fingerprint density at radius 1 is 1.24 bits per heavy atom. The van der Waals surface area contributed by atoms with E-state index in [1.165, 1.54) is 5.56 Å². The average Bonchev–Trinajstić information content (AvgIpc) is 2.90. The van der Waals surface area contributed by atoms with Crippen molar-refractivity contribution in [3.63, 3.8) is 0 Å². The van der Waals surface area contributed by atoms with Crippen LogP contribution in [0.3, 0.4) is 0 Å². The molecule has 0 aliphatic rings. The van der Waals surface area contributed by atoms with E-state index >= 15 is 0 Å². The molecule has 0 fully saturated rings. The zero-order chi connectivity index (χ0) is 15.4. The maximum absolute atomic E-state index is 6.03. The van der Waals surface area contributed by atoms with Crippen LogP contribution >= 0.6 is 15.9 Å². The van der Waals surface area contributed by atoms with E-state index in [1.54, 1.807) is 0 Å². The topological polar surface area (TPSA) is 56.7 Å². The lowest BCUT2D eigenvalue weighted by molar-refractivity contribution is 0.646. The average molecular weight is 351 g/mol. The molecule has 4 nitrogen and oxygen atoms in total. The zero-order valence-corrected chi connectivity index (χ0v) is 14.5. The predicted octanol–water partition coefficient (Wildman–Crippen LogP) is 3.43. The van der Waals surface area contributed by atoms with Gasteiger partial charge in [0.05, 0.1) is 5.69 Å². The molecule has 1 unspecified atom stereocenters. The van der Waals surface area contributed by atoms with Crippen molar-refractivity contribution in [1.29, 1.82) is 0 Å². The SMILES string of the molecule is CCc1nc(CC)n(-c2ccc(CC(N)CC)cc2Br)n1. The molecule has 1 aromatic heterocycles. The van der Waals surface area contributed by atoms with Gasteiger partial charge >= 0.3 is 0 Å². The highest BCUT2D eigenvalue weighted by atomic mass is 79.9. The normalized spacial score (nSPS) is 12.6. The Kier molecular flexibility index (Phi) is 5.53. The minimum Gasteiger partial charge on any atom is -0.327 e. The van der Waals surface area contributed by atoms with Crippen LogP contribution in [0.1, 0.15) is 44.4 Å². The van der Waals surface area contributed by atoms with Crippen LogP contribution in [0.25, 0.3) is 5.69 Å². The zero-order valence-electron chi connectivity index (χ0n) is 12.9. The van der Waals surface area contributed by atoms with Gasteiger partial charge < -0.3 is 5.73 Å². The number of aromatic nitrogens is 3. The van der Waals surface area contributed by atoms with Crippen LogP contribution in [0, 0.1) is 0 Å². The fraction of sp³-hybridized carbons (Fsp3) is 0.500. The number of nitrogens with two attached hydrogens (primary N) is 1. The lowest BCUT2D eigenvalue weighted by Gasteiger charge is -2.12. The Labute approximate surface area is 134 Å². The van der Waals surface area contributed by atoms with Gasteiger partial charge in [0, 0.05) is 23.4 Å². The molecule has 5 heteroatoms. The van der Waals surface area contributed by atoms with Crippen molar-refractivity contribution < 1.29 is 0 Å². The first-order valence-corrected chi connectivity index (χ1v) is 8.37. The Morgan fingerprint density at radius 2 is 2.00 bits per heavy atom. The summed E-state index contributed by atoms with van der Waals surface area (Å²) in [7, 11) is 0. The minimum atomic E-state index is 0.215. The summed E-state index contributed by atoms with van der Waals surface area (Å²) in [6.45, 7) is 6.29. The molecule has 0 saturated carbocycles. The standard InChI is InChI=1S/C16H23BrN4/c1-4-12(18)9-11-7-8-14(13(17)10-11)21-16(6-3)19-15(5-2)20-21/h7-8,10,12H,4-6,9,18H2,1-3H3. The first-order chi connectivity index (χ1) is 10.1. The van der Waals surface area contributed by atoms with Gasteiger partial charge in [-0.1, -0.05) is 26.8 Å². The number of halogens is 1. The summed E-state index contributed by atoms with van der Waals surface area (Å²) in [5, 5.41) is 4.59. The third-order valence-corrected chi connectivity index (χ3v) is 4.25. The molecule has 0 aliphatic heterocycles. The minimum absolute atomic E-state index is 0.215. The lowest BCUT2D eigenvalue weighted by atomic mass is 10.0. The third kappa shape index (κ3) is 3.71. The number of hydrogen-bond donors (Lipinski definition) is 1. The second-order valence-electron chi connectivity index (χ2n) is 5.22. The van der Waals surface area contributed by atoms with Crippen molar-refractivity contribution in [2.24, 2.45) is 5.73 Å². The van der Waals surface area contributed by atoms with Gasteiger partial charge in [-0.3, -0.25) is 0 Å². The van der Waals surface area contributed by atoms with Crippen molar-refractivity contribution in [3.8, 4) is 5.69 Å². The molecule has 0 bridgehead atoms. The van der Waals surface area contributed by atoms with Crippen LogP contribution in [0.5, 0.6) is 0 Å². The summed E-state index contributed by atoms with van der Waals surface area (Å²) < 4.78 is 2.97. The largest absolute Gasteiger partial charge is 0.327 e. The Hall–Kier alpha value is -1.20. The molecule has 2 N–H and O–H groups in total. The number of aryl methyl sites for hydroxylation is 2. The van der Waals surface area contributed by atoms with Crippen molar-refractivity contribution in [1.82, 2.24) is 14.8 Å². The van der Waals surface area contributed by atoms with Crippen LogP contribution < -0.4 is 5.73 Å². The molecule has 2 aromatic rings. The molecule has 1 aromatic carbocycles. The van der Waals surface area contributed by atoms with Gasteiger partial charge in [-0.2, -0.15) is 5.10 Å². The van der Waals surface area contributed by atoms with Crippen LogP contribution in [0.15, 0.2) is 22.7 Å². The second-order valence-corrected chi connectivity index (χ2v) is 6.08. The molecule has 0 spiro atoms. The van der Waals surface area contributed by atoms with Gasteiger partial charge in [0.25, 0.3) is 0 Å². The summed E-state index contributed by atoms with van der Waals surface area (Å²) in [6, 6.07) is 6.57. The van der Waals surface area contributed by atoms with Crippen molar-refractivity contribution >= 4 is 15.9 Å². The Balaban J connectivity index is 2.34. The molecular weight excluding hydrogens is 328 g/mol. The number of benzene rings is 1. The second kappa shape index (κ2) is 7.18. The Bertz CT molecular complexity index is 606. The van der Waals surface area contributed by atoms with E-state index in [9.17, 15) is 0 Å². The molecule has 0 aliphatic carbocycles. The molecule has 2 rings (SSSR count). The van der Waals surface area contributed by atoms with Gasteiger partial charge in [0.15, 0.2) is 5.82 Å². The molecule has 21 heavy (non-hydrogen) atoms. The predicted molar refractivity (Wildman–Crippen MR) is 89.8 cm³/mol. The summed E-state index contributed by atoms with van der Waals surface area (Å²) in [6.07, 6.45) is 3.60. The van der Waals surface area contributed by atoms with E-state index in [-0.39, 0.29) is 6.04 Å². The number of nitrogens with zero attached hydrogens (tertiary/aromatic N) is 3. The van der Waals surface area contributed by atoms with Gasteiger partial charge in [-0.25, -0.2) is 9.67 Å². The molecule has 0 radical (unpaired) electrons. The molecule has 0 amide bonds. The maximum Gasteiger partial charge on any atom is 0.151 e. The first-order valence-electron chi connectivity index (χ1n) is 7.58. The highest BCUT2D eigenvalue weighted by molar-refractivity contribution is 9.10. The van der Waals surface area contributed by atoms with E-state index in [1.807, 2.05) is 4.68 Å². The highest BCUT2D eigenvalue weighted by Gasteiger charge is 2.12. The smallest absolute Gasteiger partial charge is 0.151 e. The maximum atomic E-state index is 6.03. The van der Waals surface area contributed by atoms with Crippen LogP contribution in [-0.4, -0.2) is 20.8 Å². The number of hydrogen-bond acceptors (Lipinski definition) is 3. The van der Waals surface area contributed by atoms with Gasteiger partial charge in [-0.15, -0.1) is 0 Å². The molecule has 1 heterocycles. The molecular formula is C16H23BrN4. The van der Waals surface area contributed by atoms with Crippen molar-refractivity contribution in [2.45, 2.75) is 52.5 Å². The van der Waals surface area contributed by atoms with Crippen LogP contribution in [-0.2, 0) is 19.3 Å². The van der Waals surface area contributed by atoms with E-state index in [0.29, 0.717) is 0 Å². The number of rotatable bonds is 6. The summed E-state index contributed by atoms with van der Waals surface area (Å²) in [5.41, 5.74) is 8.31. The third-order valence-electron chi connectivity index (χ3n) is 3.61. The molecule has 114 valence electrons. The van der Waals surface area contributed by atoms with E-state index < -0.39 is 0 Å². The summed E-state index contributed by atoms with van der Waals surface area (Å²) in [4.78, 5) is 4.56. The van der Waals surface area contributed by atoms with Crippen LogP contribution in [0.4, 0.5) is 0 Å². The van der Waals surface area contributed by atoms with Crippen LogP contribution in [0.2, 0.25) is 0 Å². The van der Waals surface area contributed by atoms with Crippen molar-refractivity contribution in [3.05, 3.63) is 39.9 Å².